The van der Waals surface area contributed by atoms with E-state index in [4.69, 9.17) is 4.74 Å². The van der Waals surface area contributed by atoms with Gasteiger partial charge in [-0.2, -0.15) is 0 Å². The molecular weight excluding hydrogens is 352 g/mol. The molecule has 8 nitrogen and oxygen atoms in total. The quantitative estimate of drug-likeness (QED) is 0.601. The van der Waals surface area contributed by atoms with E-state index < -0.39 is 23.5 Å². The van der Waals surface area contributed by atoms with E-state index >= 15 is 0 Å². The number of carbonyl (C=O) groups is 4. The molecule has 0 unspecified atom stereocenters. The third-order valence-electron chi connectivity index (χ3n) is 5.02. The van der Waals surface area contributed by atoms with Crippen molar-refractivity contribution in [1.29, 1.82) is 0 Å². The highest BCUT2D eigenvalue weighted by molar-refractivity contribution is 6.07. The Morgan fingerprint density at radius 3 is 2.44 bits per heavy atom. The second-order valence-corrected chi connectivity index (χ2v) is 6.78. The maximum absolute atomic E-state index is 12.5. The average Bonchev–Trinajstić information content (AvgIpc) is 3.23. The first-order chi connectivity index (χ1) is 12.9. The van der Waals surface area contributed by atoms with Crippen LogP contribution in [-0.2, 0) is 25.7 Å². The monoisotopic (exact) mass is 374 g/mol. The first-order valence-electron chi connectivity index (χ1n) is 8.92. The molecule has 0 aromatic heterocycles. The summed E-state index contributed by atoms with van der Waals surface area (Å²) in [5.74, 6) is -1.18. The summed E-state index contributed by atoms with van der Waals surface area (Å²) >= 11 is 0. The van der Waals surface area contributed by atoms with E-state index in [1.165, 1.54) is 7.11 Å². The molecule has 3 amide bonds. The van der Waals surface area contributed by atoms with Crippen LogP contribution in [0.2, 0.25) is 0 Å². The molecule has 27 heavy (non-hydrogen) atoms. The Balaban J connectivity index is 1.46. The number of urea groups is 1. The van der Waals surface area contributed by atoms with Gasteiger partial charge < -0.3 is 14.8 Å². The first kappa shape index (κ1) is 18.9. The highest BCUT2D eigenvalue weighted by Crippen LogP contribution is 2.35. The van der Waals surface area contributed by atoms with E-state index in [-0.39, 0.29) is 25.5 Å². The fraction of sp³-hybridized carbons (Fsp3) is 0.474. The van der Waals surface area contributed by atoms with Crippen LogP contribution >= 0.6 is 0 Å². The lowest BCUT2D eigenvalue weighted by molar-refractivity contribution is -0.145. The number of amides is 3. The van der Waals surface area contributed by atoms with Crippen LogP contribution < -0.4 is 5.32 Å². The molecule has 1 spiro atoms. The zero-order chi connectivity index (χ0) is 19.4. The zero-order valence-corrected chi connectivity index (χ0v) is 15.2. The Labute approximate surface area is 156 Å². The van der Waals surface area contributed by atoms with Crippen LogP contribution in [0.25, 0.3) is 0 Å². The topological polar surface area (TPSA) is 102 Å². The molecule has 1 saturated heterocycles. The molecule has 0 atom stereocenters. The summed E-state index contributed by atoms with van der Waals surface area (Å²) < 4.78 is 9.80. The summed E-state index contributed by atoms with van der Waals surface area (Å²) in [6.07, 6.45) is 3.07. The van der Waals surface area contributed by atoms with Crippen LogP contribution in [0.1, 0.15) is 48.0 Å². The number of methoxy groups -OCH3 is 1. The predicted octanol–water partition coefficient (Wildman–Crippen LogP) is 1.77. The molecule has 1 aromatic carbocycles. The highest BCUT2D eigenvalue weighted by Gasteiger charge is 2.52. The van der Waals surface area contributed by atoms with Gasteiger partial charge in [0.1, 0.15) is 12.1 Å². The smallest absolute Gasteiger partial charge is 0.337 e. The molecule has 0 bridgehead atoms. The van der Waals surface area contributed by atoms with Gasteiger partial charge in [0, 0.05) is 6.54 Å². The molecule has 3 rings (SSSR count). The summed E-state index contributed by atoms with van der Waals surface area (Å²) in [4.78, 5) is 49.0. The number of ether oxygens (including phenoxy) is 2. The number of nitrogens with zero attached hydrogens (tertiary/aromatic N) is 1. The van der Waals surface area contributed by atoms with Crippen molar-refractivity contribution < 1.29 is 28.7 Å². The normalized spacial score (nSPS) is 17.9. The fourth-order valence-corrected chi connectivity index (χ4v) is 3.49. The molecule has 1 N–H and O–H groups in total. The molecular formula is C19H22N2O6. The van der Waals surface area contributed by atoms with Crippen molar-refractivity contribution in [3.8, 4) is 0 Å². The number of rotatable bonds is 6. The van der Waals surface area contributed by atoms with Crippen LogP contribution in [-0.4, -0.2) is 48.0 Å². The van der Waals surface area contributed by atoms with E-state index in [1.54, 1.807) is 24.3 Å². The van der Waals surface area contributed by atoms with Gasteiger partial charge in [0.25, 0.3) is 5.91 Å². The Morgan fingerprint density at radius 1 is 1.15 bits per heavy atom. The number of benzene rings is 1. The summed E-state index contributed by atoms with van der Waals surface area (Å²) in [5, 5.41) is 2.78. The number of hydrogen-bond acceptors (Lipinski definition) is 6. The third kappa shape index (κ3) is 3.94. The fourth-order valence-electron chi connectivity index (χ4n) is 3.49. The van der Waals surface area contributed by atoms with Gasteiger partial charge >= 0.3 is 18.0 Å². The SMILES string of the molecule is COC(=O)c1ccc(COC(=O)CCN2C(=O)NC3(CCCC3)C2=O)cc1. The van der Waals surface area contributed by atoms with Gasteiger partial charge in [-0.3, -0.25) is 14.5 Å². The van der Waals surface area contributed by atoms with Crippen LogP contribution in [0.3, 0.4) is 0 Å². The van der Waals surface area contributed by atoms with Crippen molar-refractivity contribution in [2.75, 3.05) is 13.7 Å². The summed E-state index contributed by atoms with van der Waals surface area (Å²) in [6, 6.07) is 6.07. The van der Waals surface area contributed by atoms with Gasteiger partial charge in [-0.1, -0.05) is 25.0 Å². The van der Waals surface area contributed by atoms with Gasteiger partial charge in [0.15, 0.2) is 0 Å². The lowest BCUT2D eigenvalue weighted by Crippen LogP contribution is -2.44. The van der Waals surface area contributed by atoms with Crippen LogP contribution in [0.15, 0.2) is 24.3 Å². The summed E-state index contributed by atoms with van der Waals surface area (Å²) in [7, 11) is 1.30. The minimum absolute atomic E-state index is 0.00648. The lowest BCUT2D eigenvalue weighted by Gasteiger charge is -2.19. The number of hydrogen-bond donors (Lipinski definition) is 1. The molecule has 1 aromatic rings. The molecule has 2 aliphatic rings. The van der Waals surface area contributed by atoms with E-state index in [1.807, 2.05) is 0 Å². The van der Waals surface area contributed by atoms with Crippen molar-refractivity contribution in [2.24, 2.45) is 0 Å². The molecule has 0 radical (unpaired) electrons. The maximum Gasteiger partial charge on any atom is 0.337 e. The lowest BCUT2D eigenvalue weighted by atomic mass is 9.98. The van der Waals surface area contributed by atoms with Gasteiger partial charge in [0.2, 0.25) is 0 Å². The Morgan fingerprint density at radius 2 is 1.81 bits per heavy atom. The molecule has 1 aliphatic heterocycles. The van der Waals surface area contributed by atoms with Crippen molar-refractivity contribution in [1.82, 2.24) is 10.2 Å². The maximum atomic E-state index is 12.5. The zero-order valence-electron chi connectivity index (χ0n) is 15.2. The molecule has 1 aliphatic carbocycles. The highest BCUT2D eigenvalue weighted by atomic mass is 16.5. The minimum Gasteiger partial charge on any atom is -0.465 e. The second-order valence-electron chi connectivity index (χ2n) is 6.78. The van der Waals surface area contributed by atoms with Gasteiger partial charge in [0.05, 0.1) is 19.1 Å². The van der Waals surface area contributed by atoms with Crippen molar-refractivity contribution in [2.45, 2.75) is 44.2 Å². The van der Waals surface area contributed by atoms with Gasteiger partial charge in [-0.15, -0.1) is 0 Å². The number of imide groups is 1. The molecule has 2 fully saturated rings. The van der Waals surface area contributed by atoms with Crippen molar-refractivity contribution >= 4 is 23.9 Å². The number of carbonyl (C=O) groups excluding carboxylic acids is 4. The Hall–Kier alpha value is -2.90. The predicted molar refractivity (Wildman–Crippen MR) is 93.6 cm³/mol. The molecule has 1 heterocycles. The number of esters is 2. The van der Waals surface area contributed by atoms with Crippen molar-refractivity contribution in [3.05, 3.63) is 35.4 Å². The van der Waals surface area contributed by atoms with Crippen LogP contribution in [0.4, 0.5) is 4.79 Å². The Kier molecular flexibility index (Phi) is 5.43. The number of nitrogens with one attached hydrogen (secondary N) is 1. The largest absolute Gasteiger partial charge is 0.465 e. The molecule has 144 valence electrons. The van der Waals surface area contributed by atoms with Crippen LogP contribution in [0, 0.1) is 0 Å². The Bertz CT molecular complexity index is 752. The van der Waals surface area contributed by atoms with E-state index in [0.717, 1.165) is 23.3 Å². The first-order valence-corrected chi connectivity index (χ1v) is 8.92. The van der Waals surface area contributed by atoms with Gasteiger partial charge in [-0.25, -0.2) is 9.59 Å². The van der Waals surface area contributed by atoms with Crippen molar-refractivity contribution in [3.63, 3.8) is 0 Å². The van der Waals surface area contributed by atoms with E-state index in [0.29, 0.717) is 18.4 Å². The second kappa shape index (κ2) is 7.77. The standard InChI is InChI=1S/C19H22N2O6/c1-26-16(23)14-6-4-13(5-7-14)12-27-15(22)8-11-21-17(24)19(20-18(21)25)9-2-3-10-19/h4-7H,2-3,8-12H2,1H3,(H,20,25). The van der Waals surface area contributed by atoms with E-state index in [2.05, 4.69) is 10.1 Å². The molecule has 1 saturated carbocycles. The van der Waals surface area contributed by atoms with E-state index in [9.17, 15) is 19.2 Å². The summed E-state index contributed by atoms with van der Waals surface area (Å²) in [6.45, 7) is 0.0525. The van der Waals surface area contributed by atoms with Crippen LogP contribution in [0.5, 0.6) is 0 Å². The molecule has 8 heteroatoms. The minimum atomic E-state index is -0.762. The average molecular weight is 374 g/mol. The third-order valence-corrected chi connectivity index (χ3v) is 5.02. The summed E-state index contributed by atoms with van der Waals surface area (Å²) in [5.41, 5.74) is 0.366. The van der Waals surface area contributed by atoms with Gasteiger partial charge in [-0.05, 0) is 30.5 Å².